The van der Waals surface area contributed by atoms with Crippen LogP contribution in [0.3, 0.4) is 0 Å². The van der Waals surface area contributed by atoms with Gasteiger partial charge < -0.3 is 20.4 Å². The maximum Gasteiger partial charge on any atom is 0.290 e. The van der Waals surface area contributed by atoms with E-state index in [1.54, 1.807) is 6.33 Å². The summed E-state index contributed by atoms with van der Waals surface area (Å²) in [5, 5.41) is 27.1. The third-order valence-corrected chi connectivity index (χ3v) is 5.43. The molecule has 30 heavy (non-hydrogen) atoms. The molecule has 0 aliphatic carbocycles. The molecule has 2 aromatic heterocycles. The highest BCUT2D eigenvalue weighted by molar-refractivity contribution is 5.89. The number of aromatic nitrogens is 4. The number of unbranched alkanes of at least 4 members (excludes halogenated alkanes) is 1. The minimum atomic E-state index is -0.680. The first-order chi connectivity index (χ1) is 14.3. The molecule has 9 nitrogen and oxygen atoms in total. The Morgan fingerprint density at radius 2 is 1.97 bits per heavy atom. The molecule has 1 aliphatic heterocycles. The number of hydrogen-bond acceptors (Lipinski definition) is 7. The lowest BCUT2D eigenvalue weighted by molar-refractivity contribution is -0.122. The Bertz CT molecular complexity index is 799. The highest BCUT2D eigenvalue weighted by Crippen LogP contribution is 2.28. The summed E-state index contributed by atoms with van der Waals surface area (Å²) in [5.74, 6) is 1.31. The van der Waals surface area contributed by atoms with Crippen molar-refractivity contribution in [1.29, 1.82) is 0 Å². The van der Waals surface area contributed by atoms with E-state index < -0.39 is 5.60 Å². The van der Waals surface area contributed by atoms with Crippen LogP contribution in [-0.2, 0) is 17.8 Å². The van der Waals surface area contributed by atoms with Gasteiger partial charge in [0.1, 0.15) is 12.1 Å². The molecule has 0 spiro atoms. The third-order valence-electron chi connectivity index (χ3n) is 5.43. The predicted octanol–water partition coefficient (Wildman–Crippen LogP) is 2.39. The van der Waals surface area contributed by atoms with Gasteiger partial charge in [-0.1, -0.05) is 27.2 Å². The molecule has 0 atom stereocenters. The number of likely N-dealkylation sites (tertiary alicyclic amines) is 1. The van der Waals surface area contributed by atoms with Crippen LogP contribution < -0.4 is 5.32 Å². The second-order valence-corrected chi connectivity index (χ2v) is 8.53. The van der Waals surface area contributed by atoms with E-state index in [1.165, 1.54) is 0 Å². The van der Waals surface area contributed by atoms with Gasteiger partial charge in [0.05, 0.1) is 16.7 Å². The van der Waals surface area contributed by atoms with Crippen molar-refractivity contribution in [3.63, 3.8) is 0 Å². The molecule has 3 heterocycles. The normalized spacial score (nSPS) is 16.3. The molecule has 168 valence electrons. The number of aliphatic hydroxyl groups is 1. The van der Waals surface area contributed by atoms with E-state index in [4.69, 9.17) is 15.0 Å². The van der Waals surface area contributed by atoms with Crippen LogP contribution in [0.1, 0.15) is 52.1 Å². The molecule has 1 fully saturated rings. The molecule has 1 aliphatic rings. The molecular weight excluding hydrogens is 384 g/mol. The quantitative estimate of drug-likeness (QED) is 0.558. The number of nitrogens with one attached hydrogen (secondary N) is 1. The van der Waals surface area contributed by atoms with E-state index in [2.05, 4.69) is 48.0 Å². The Morgan fingerprint density at radius 1 is 1.30 bits per heavy atom. The first-order valence-corrected chi connectivity index (χ1v) is 10.8. The van der Waals surface area contributed by atoms with Crippen LogP contribution in [0.25, 0.3) is 11.0 Å². The van der Waals surface area contributed by atoms with E-state index in [0.29, 0.717) is 12.5 Å². The van der Waals surface area contributed by atoms with Crippen LogP contribution in [0.4, 0.5) is 5.82 Å². The number of hydrogen-bond donors (Lipinski definition) is 3. The van der Waals surface area contributed by atoms with Crippen molar-refractivity contribution in [1.82, 2.24) is 24.6 Å². The molecule has 3 N–H and O–H groups in total. The number of nitrogens with zero attached hydrogens (tertiary/aromatic N) is 5. The zero-order chi connectivity index (χ0) is 22.1. The monoisotopic (exact) mass is 420 g/mol. The lowest BCUT2D eigenvalue weighted by atomic mass is 9.91. The van der Waals surface area contributed by atoms with Gasteiger partial charge in [0.15, 0.2) is 5.65 Å². The molecule has 0 saturated carbocycles. The largest absolute Gasteiger partial charge is 0.483 e. The Labute approximate surface area is 178 Å². The summed E-state index contributed by atoms with van der Waals surface area (Å²) >= 11 is 0. The maximum atomic E-state index is 10.9. The zero-order valence-electron chi connectivity index (χ0n) is 18.6. The van der Waals surface area contributed by atoms with Crippen molar-refractivity contribution in [3.05, 3.63) is 12.0 Å². The van der Waals surface area contributed by atoms with E-state index in [0.717, 1.165) is 74.3 Å². The molecular formula is C21H36N6O3. The van der Waals surface area contributed by atoms with Gasteiger partial charge in [-0.05, 0) is 38.6 Å². The Morgan fingerprint density at radius 3 is 2.57 bits per heavy atom. The molecule has 0 amide bonds. The summed E-state index contributed by atoms with van der Waals surface area (Å²) in [6, 6.07) is 0. The number of rotatable bonds is 8. The van der Waals surface area contributed by atoms with Gasteiger partial charge in [-0.15, -0.1) is 0 Å². The third kappa shape index (κ3) is 6.37. The van der Waals surface area contributed by atoms with E-state index in [-0.39, 0.29) is 6.47 Å². The molecule has 0 bridgehead atoms. The second-order valence-electron chi connectivity index (χ2n) is 8.53. The molecule has 3 rings (SSSR count). The van der Waals surface area contributed by atoms with E-state index >= 15 is 0 Å². The molecule has 0 unspecified atom stereocenters. The van der Waals surface area contributed by atoms with E-state index in [1.807, 2.05) is 4.68 Å². The van der Waals surface area contributed by atoms with Gasteiger partial charge in [-0.3, -0.25) is 4.79 Å². The molecule has 0 aromatic carbocycles. The van der Waals surface area contributed by atoms with Crippen molar-refractivity contribution in [2.24, 2.45) is 5.92 Å². The molecule has 1 saturated heterocycles. The first-order valence-electron chi connectivity index (χ1n) is 10.8. The summed E-state index contributed by atoms with van der Waals surface area (Å²) in [4.78, 5) is 19.6. The minimum Gasteiger partial charge on any atom is -0.483 e. The molecule has 9 heteroatoms. The summed E-state index contributed by atoms with van der Waals surface area (Å²) in [6.45, 7) is 9.57. The lowest BCUT2D eigenvalue weighted by Crippen LogP contribution is -2.47. The van der Waals surface area contributed by atoms with Crippen LogP contribution >= 0.6 is 0 Å². The van der Waals surface area contributed by atoms with Crippen molar-refractivity contribution >= 4 is 23.3 Å². The van der Waals surface area contributed by atoms with Gasteiger partial charge in [0, 0.05) is 26.2 Å². The van der Waals surface area contributed by atoms with Gasteiger partial charge >= 0.3 is 0 Å². The number of anilines is 1. The zero-order valence-corrected chi connectivity index (χ0v) is 18.6. The highest BCUT2D eigenvalue weighted by Gasteiger charge is 2.31. The fourth-order valence-corrected chi connectivity index (χ4v) is 3.67. The summed E-state index contributed by atoms with van der Waals surface area (Å²) in [5.41, 5.74) is 1.27. The van der Waals surface area contributed by atoms with Gasteiger partial charge in [0.25, 0.3) is 6.47 Å². The summed E-state index contributed by atoms with van der Waals surface area (Å²) in [6.07, 6.45) is 6.26. The Hall–Kier alpha value is -2.26. The summed E-state index contributed by atoms with van der Waals surface area (Å²) < 4.78 is 2.02. The SMILES string of the molecule is CCCCn1nc(CC(C)C)c2c(NCC3(O)CCN(C)CC3)ncnc21.O=CO. The van der Waals surface area contributed by atoms with Gasteiger partial charge in [-0.2, -0.15) is 5.10 Å². The standard InChI is InChI=1S/C20H34N6O.CH2O2/c1-5-6-9-26-19-17(16(24-26)12-15(2)3)18(22-14-23-19)21-13-20(27)7-10-25(4)11-8-20;2-1-3/h14-15,27H,5-13H2,1-4H3,(H,21,22,23);1H,(H,2,3). The van der Waals surface area contributed by atoms with Crippen molar-refractivity contribution in [2.45, 2.75) is 65.0 Å². The number of carbonyl (C=O) groups is 1. The van der Waals surface area contributed by atoms with Gasteiger partial charge in [-0.25, -0.2) is 14.6 Å². The number of piperidine rings is 1. The van der Waals surface area contributed by atoms with Crippen LogP contribution in [0.2, 0.25) is 0 Å². The number of fused-ring (bicyclic) bond motifs is 1. The highest BCUT2D eigenvalue weighted by atomic mass is 16.3. The first kappa shape index (κ1) is 24.0. The van der Waals surface area contributed by atoms with Crippen LogP contribution in [0, 0.1) is 5.92 Å². The van der Waals surface area contributed by atoms with Crippen molar-refractivity contribution in [2.75, 3.05) is 32.0 Å². The fraction of sp³-hybridized carbons (Fsp3) is 0.714. The van der Waals surface area contributed by atoms with Crippen molar-refractivity contribution in [3.8, 4) is 0 Å². The molecule has 0 radical (unpaired) electrons. The average molecular weight is 421 g/mol. The maximum absolute atomic E-state index is 10.9. The smallest absolute Gasteiger partial charge is 0.290 e. The topological polar surface area (TPSA) is 116 Å². The minimum absolute atomic E-state index is 0.250. The summed E-state index contributed by atoms with van der Waals surface area (Å²) in [7, 11) is 2.10. The van der Waals surface area contributed by atoms with Crippen LogP contribution in [-0.4, -0.2) is 73.6 Å². The van der Waals surface area contributed by atoms with E-state index in [9.17, 15) is 5.11 Å². The fourth-order valence-electron chi connectivity index (χ4n) is 3.67. The lowest BCUT2D eigenvalue weighted by Gasteiger charge is -2.36. The predicted molar refractivity (Wildman–Crippen MR) is 118 cm³/mol. The molecule has 2 aromatic rings. The Kier molecular flexibility index (Phi) is 8.98. The number of aryl methyl sites for hydroxylation is 1. The van der Waals surface area contributed by atoms with Crippen molar-refractivity contribution < 1.29 is 15.0 Å². The second kappa shape index (κ2) is 11.2. The van der Waals surface area contributed by atoms with Crippen LogP contribution in [0.15, 0.2) is 6.33 Å². The Balaban J connectivity index is 0.00000101. The number of carboxylic acid groups (broad SMARTS) is 1. The van der Waals surface area contributed by atoms with Gasteiger partial charge in [0.2, 0.25) is 0 Å². The average Bonchev–Trinajstić information content (AvgIpc) is 3.05. The van der Waals surface area contributed by atoms with Crippen LogP contribution in [0.5, 0.6) is 0 Å².